The van der Waals surface area contributed by atoms with Crippen LogP contribution >= 0.6 is 0 Å². The fourth-order valence-corrected chi connectivity index (χ4v) is 1.10. The van der Waals surface area contributed by atoms with Gasteiger partial charge in [0.1, 0.15) is 5.69 Å². The summed E-state index contributed by atoms with van der Waals surface area (Å²) in [6, 6.07) is 4.75. The molecule has 0 saturated carbocycles. The minimum Gasteiger partial charge on any atom is -0.399 e. The standard InChI is InChI=1S/C10H9N5O/c11-7-2-5-12-8(6-7)9(16)15-10-13-3-1-4-14-10/h1-6H,(H2,11,12)(H,13,14,15,16). The van der Waals surface area contributed by atoms with Crippen molar-refractivity contribution in [2.24, 2.45) is 0 Å². The lowest BCUT2D eigenvalue weighted by atomic mass is 10.3. The first-order valence-corrected chi connectivity index (χ1v) is 4.55. The van der Waals surface area contributed by atoms with E-state index in [2.05, 4.69) is 20.3 Å². The van der Waals surface area contributed by atoms with Gasteiger partial charge in [0.25, 0.3) is 5.91 Å². The zero-order valence-electron chi connectivity index (χ0n) is 8.29. The number of rotatable bonds is 2. The van der Waals surface area contributed by atoms with Crippen molar-refractivity contribution < 1.29 is 4.79 Å². The first-order valence-electron chi connectivity index (χ1n) is 4.55. The Morgan fingerprint density at radius 1 is 1.19 bits per heavy atom. The van der Waals surface area contributed by atoms with Gasteiger partial charge in [-0.2, -0.15) is 0 Å². The monoisotopic (exact) mass is 215 g/mol. The molecular weight excluding hydrogens is 206 g/mol. The number of nitrogens with zero attached hydrogens (tertiary/aromatic N) is 3. The fourth-order valence-electron chi connectivity index (χ4n) is 1.10. The first-order chi connectivity index (χ1) is 7.75. The molecule has 80 valence electrons. The van der Waals surface area contributed by atoms with Gasteiger partial charge >= 0.3 is 0 Å². The van der Waals surface area contributed by atoms with Crippen LogP contribution in [0.3, 0.4) is 0 Å². The topological polar surface area (TPSA) is 93.8 Å². The van der Waals surface area contributed by atoms with Crippen molar-refractivity contribution in [2.75, 3.05) is 11.1 Å². The Kier molecular flexibility index (Phi) is 2.73. The number of hydrogen-bond donors (Lipinski definition) is 2. The number of nitrogen functional groups attached to an aromatic ring is 1. The molecule has 0 saturated heterocycles. The normalized spacial score (nSPS) is 9.75. The molecule has 0 aliphatic carbocycles. The fraction of sp³-hybridized carbons (Fsp3) is 0. The van der Waals surface area contributed by atoms with E-state index in [4.69, 9.17) is 5.73 Å². The summed E-state index contributed by atoms with van der Waals surface area (Å²) in [5.41, 5.74) is 6.25. The number of aromatic nitrogens is 3. The van der Waals surface area contributed by atoms with E-state index in [-0.39, 0.29) is 11.6 Å². The molecule has 2 aromatic rings. The van der Waals surface area contributed by atoms with Gasteiger partial charge in [0.2, 0.25) is 5.95 Å². The zero-order valence-corrected chi connectivity index (χ0v) is 8.29. The van der Waals surface area contributed by atoms with Crippen molar-refractivity contribution in [3.05, 3.63) is 42.5 Å². The summed E-state index contributed by atoms with van der Waals surface area (Å²) < 4.78 is 0. The van der Waals surface area contributed by atoms with Crippen LogP contribution in [-0.4, -0.2) is 20.9 Å². The molecule has 0 aromatic carbocycles. The van der Waals surface area contributed by atoms with Crippen LogP contribution in [0, 0.1) is 0 Å². The van der Waals surface area contributed by atoms with E-state index < -0.39 is 5.91 Å². The summed E-state index contributed by atoms with van der Waals surface area (Å²) in [5, 5.41) is 2.51. The van der Waals surface area contributed by atoms with Gasteiger partial charge in [-0.25, -0.2) is 9.97 Å². The van der Waals surface area contributed by atoms with Crippen molar-refractivity contribution in [1.82, 2.24) is 15.0 Å². The molecule has 3 N–H and O–H groups in total. The number of hydrogen-bond acceptors (Lipinski definition) is 5. The lowest BCUT2D eigenvalue weighted by molar-refractivity contribution is 0.102. The molecule has 6 nitrogen and oxygen atoms in total. The molecule has 0 fully saturated rings. The van der Waals surface area contributed by atoms with Gasteiger partial charge in [-0.05, 0) is 18.2 Å². The van der Waals surface area contributed by atoms with Gasteiger partial charge in [0.15, 0.2) is 0 Å². The van der Waals surface area contributed by atoms with Gasteiger partial charge < -0.3 is 5.73 Å². The van der Waals surface area contributed by atoms with Crippen molar-refractivity contribution in [3.63, 3.8) is 0 Å². The van der Waals surface area contributed by atoms with Gasteiger partial charge in [-0.15, -0.1) is 0 Å². The highest BCUT2D eigenvalue weighted by atomic mass is 16.2. The number of carbonyl (C=O) groups is 1. The van der Waals surface area contributed by atoms with Gasteiger partial charge in [0.05, 0.1) is 0 Å². The van der Waals surface area contributed by atoms with Crippen molar-refractivity contribution in [3.8, 4) is 0 Å². The first kappa shape index (κ1) is 10.0. The molecule has 6 heteroatoms. The van der Waals surface area contributed by atoms with Crippen LogP contribution in [0.15, 0.2) is 36.8 Å². The predicted molar refractivity (Wildman–Crippen MR) is 58.6 cm³/mol. The largest absolute Gasteiger partial charge is 0.399 e. The third kappa shape index (κ3) is 2.30. The highest BCUT2D eigenvalue weighted by Gasteiger charge is 2.08. The molecule has 2 heterocycles. The van der Waals surface area contributed by atoms with E-state index in [1.165, 1.54) is 24.7 Å². The Morgan fingerprint density at radius 2 is 1.94 bits per heavy atom. The number of nitrogens with one attached hydrogen (secondary N) is 1. The van der Waals surface area contributed by atoms with Crippen molar-refractivity contribution in [2.45, 2.75) is 0 Å². The Bertz CT molecular complexity index is 500. The average Bonchev–Trinajstić information content (AvgIpc) is 2.30. The smallest absolute Gasteiger partial charge is 0.276 e. The molecule has 0 atom stereocenters. The van der Waals surface area contributed by atoms with E-state index in [0.717, 1.165) is 0 Å². The number of pyridine rings is 1. The molecule has 0 spiro atoms. The Labute approximate surface area is 91.6 Å². The Morgan fingerprint density at radius 3 is 2.62 bits per heavy atom. The number of nitrogens with two attached hydrogens (primary N) is 1. The van der Waals surface area contributed by atoms with Crippen LogP contribution < -0.4 is 11.1 Å². The molecule has 0 radical (unpaired) electrons. The van der Waals surface area contributed by atoms with Crippen molar-refractivity contribution in [1.29, 1.82) is 0 Å². The third-order valence-corrected chi connectivity index (χ3v) is 1.81. The highest BCUT2D eigenvalue weighted by molar-refractivity contribution is 6.02. The average molecular weight is 215 g/mol. The van der Waals surface area contributed by atoms with Crippen LogP contribution in [0.4, 0.5) is 11.6 Å². The zero-order chi connectivity index (χ0) is 11.4. The van der Waals surface area contributed by atoms with Crippen LogP contribution in [0.1, 0.15) is 10.5 Å². The molecule has 0 aliphatic rings. The van der Waals surface area contributed by atoms with Gasteiger partial charge in [-0.3, -0.25) is 15.1 Å². The second-order valence-corrected chi connectivity index (χ2v) is 3.00. The maximum atomic E-state index is 11.7. The second-order valence-electron chi connectivity index (χ2n) is 3.00. The Hall–Kier alpha value is -2.50. The maximum absolute atomic E-state index is 11.7. The van der Waals surface area contributed by atoms with E-state index in [9.17, 15) is 4.79 Å². The lowest BCUT2D eigenvalue weighted by Crippen LogP contribution is -2.15. The summed E-state index contributed by atoms with van der Waals surface area (Å²) in [5.74, 6) is -0.157. The quantitative estimate of drug-likeness (QED) is 0.769. The molecular formula is C10H9N5O. The summed E-state index contributed by atoms with van der Waals surface area (Å²) in [6.07, 6.45) is 4.54. The van der Waals surface area contributed by atoms with Crippen LogP contribution in [-0.2, 0) is 0 Å². The highest BCUT2D eigenvalue weighted by Crippen LogP contribution is 2.05. The van der Waals surface area contributed by atoms with Crippen LogP contribution in [0.25, 0.3) is 0 Å². The summed E-state index contributed by atoms with van der Waals surface area (Å²) in [6.45, 7) is 0. The van der Waals surface area contributed by atoms with E-state index in [1.54, 1.807) is 12.1 Å². The summed E-state index contributed by atoms with van der Waals surface area (Å²) in [7, 11) is 0. The predicted octanol–water partition coefficient (Wildman–Crippen LogP) is 0.706. The van der Waals surface area contributed by atoms with E-state index >= 15 is 0 Å². The van der Waals surface area contributed by atoms with E-state index in [1.807, 2.05) is 0 Å². The molecule has 0 bridgehead atoms. The molecule has 0 unspecified atom stereocenters. The minimum atomic E-state index is -0.390. The molecule has 2 rings (SSSR count). The molecule has 16 heavy (non-hydrogen) atoms. The molecule has 0 aliphatic heterocycles. The number of anilines is 2. The molecule has 2 aromatic heterocycles. The van der Waals surface area contributed by atoms with E-state index in [0.29, 0.717) is 5.69 Å². The van der Waals surface area contributed by atoms with Crippen LogP contribution in [0.5, 0.6) is 0 Å². The Balaban J connectivity index is 2.15. The van der Waals surface area contributed by atoms with Crippen molar-refractivity contribution >= 4 is 17.5 Å². The number of amides is 1. The minimum absolute atomic E-state index is 0.229. The SMILES string of the molecule is Nc1ccnc(C(=O)Nc2ncccn2)c1. The second kappa shape index (κ2) is 4.35. The summed E-state index contributed by atoms with van der Waals surface area (Å²) >= 11 is 0. The lowest BCUT2D eigenvalue weighted by Gasteiger charge is -2.02. The van der Waals surface area contributed by atoms with Gasteiger partial charge in [-0.1, -0.05) is 0 Å². The maximum Gasteiger partial charge on any atom is 0.276 e. The van der Waals surface area contributed by atoms with Gasteiger partial charge in [0, 0.05) is 24.3 Å². The number of carbonyl (C=O) groups excluding carboxylic acids is 1. The van der Waals surface area contributed by atoms with Crippen LogP contribution in [0.2, 0.25) is 0 Å². The molecule has 1 amide bonds. The third-order valence-electron chi connectivity index (χ3n) is 1.81. The summed E-state index contributed by atoms with van der Waals surface area (Å²) in [4.78, 5) is 23.3.